The van der Waals surface area contributed by atoms with Crippen LogP contribution in [-0.4, -0.2) is 39.8 Å². The Hall–Kier alpha value is -2.24. The predicted molar refractivity (Wildman–Crippen MR) is 124 cm³/mol. The topological polar surface area (TPSA) is 75.2 Å². The SMILES string of the molecule is Cc1ncc(NC(=O)C[C@H]2CCC3C4CCC5N(C)C(=O)C=C[C@]5(C)C4CC[C@@]32C)cn1. The molecule has 6 heteroatoms. The molecule has 1 aromatic rings. The summed E-state index contributed by atoms with van der Waals surface area (Å²) in [5, 5.41) is 3.01. The molecule has 5 rings (SSSR count). The molecular formula is C26H36N4O2. The van der Waals surface area contributed by atoms with Gasteiger partial charge in [0.2, 0.25) is 11.8 Å². The van der Waals surface area contributed by atoms with E-state index in [2.05, 4.69) is 35.2 Å². The number of likely N-dealkylation sites (N-methyl/N-ethyl adjacent to an activating group) is 1. The second-order valence-electron chi connectivity index (χ2n) is 11.2. The number of anilines is 1. The Morgan fingerprint density at radius 1 is 1.12 bits per heavy atom. The number of aryl methyl sites for hydroxylation is 1. The molecule has 0 aromatic carbocycles. The summed E-state index contributed by atoms with van der Waals surface area (Å²) in [6.45, 7) is 6.68. The van der Waals surface area contributed by atoms with Crippen LogP contribution in [0.4, 0.5) is 5.69 Å². The minimum atomic E-state index is 0.0772. The number of hydrogen-bond acceptors (Lipinski definition) is 4. The van der Waals surface area contributed by atoms with E-state index in [1.165, 1.54) is 25.7 Å². The summed E-state index contributed by atoms with van der Waals surface area (Å²) in [6.07, 6.45) is 15.0. The second kappa shape index (κ2) is 7.67. The maximum atomic E-state index is 12.8. The first-order chi connectivity index (χ1) is 15.2. The third-order valence-corrected chi connectivity index (χ3v) is 9.82. The molecule has 0 radical (unpaired) electrons. The third kappa shape index (κ3) is 3.29. The van der Waals surface area contributed by atoms with Gasteiger partial charge in [-0.25, -0.2) is 9.97 Å². The Kier molecular flexibility index (Phi) is 5.18. The average Bonchev–Trinajstić information content (AvgIpc) is 3.09. The number of rotatable bonds is 3. The Morgan fingerprint density at radius 3 is 2.62 bits per heavy atom. The highest BCUT2D eigenvalue weighted by atomic mass is 16.2. The molecule has 3 fully saturated rings. The van der Waals surface area contributed by atoms with Gasteiger partial charge in [0.15, 0.2) is 0 Å². The van der Waals surface area contributed by atoms with Crippen LogP contribution in [0.25, 0.3) is 0 Å². The van der Waals surface area contributed by atoms with Crippen molar-refractivity contribution in [2.75, 3.05) is 12.4 Å². The fraction of sp³-hybridized carbons (Fsp3) is 0.692. The number of nitrogens with one attached hydrogen (secondary N) is 1. The van der Waals surface area contributed by atoms with E-state index in [1.807, 2.05) is 24.9 Å². The molecule has 2 amide bonds. The summed E-state index contributed by atoms with van der Waals surface area (Å²) in [5.41, 5.74) is 0.984. The molecule has 2 heterocycles. The molecule has 32 heavy (non-hydrogen) atoms. The lowest BCUT2D eigenvalue weighted by molar-refractivity contribution is -0.139. The van der Waals surface area contributed by atoms with Gasteiger partial charge >= 0.3 is 0 Å². The quantitative estimate of drug-likeness (QED) is 0.763. The maximum absolute atomic E-state index is 12.8. The monoisotopic (exact) mass is 436 g/mol. The third-order valence-electron chi connectivity index (χ3n) is 9.82. The van der Waals surface area contributed by atoms with E-state index in [1.54, 1.807) is 12.4 Å². The van der Waals surface area contributed by atoms with Gasteiger partial charge in [-0.05, 0) is 80.6 Å². The molecule has 0 bridgehead atoms. The van der Waals surface area contributed by atoms with Crippen LogP contribution in [0.1, 0.15) is 64.6 Å². The highest BCUT2D eigenvalue weighted by Crippen LogP contribution is 2.65. The van der Waals surface area contributed by atoms with Crippen LogP contribution in [0, 0.1) is 41.4 Å². The Labute approximate surface area is 191 Å². The first kappa shape index (κ1) is 21.6. The van der Waals surface area contributed by atoms with Crippen molar-refractivity contribution in [1.29, 1.82) is 0 Å². The van der Waals surface area contributed by atoms with Gasteiger partial charge in [-0.3, -0.25) is 9.59 Å². The van der Waals surface area contributed by atoms with Crippen molar-refractivity contribution in [2.45, 2.75) is 71.8 Å². The molecule has 172 valence electrons. The number of hydrogen-bond donors (Lipinski definition) is 1. The minimum Gasteiger partial charge on any atom is -0.338 e. The van der Waals surface area contributed by atoms with Gasteiger partial charge in [-0.1, -0.05) is 19.9 Å². The van der Waals surface area contributed by atoms with Gasteiger partial charge in [0.05, 0.1) is 18.1 Å². The zero-order valence-corrected chi connectivity index (χ0v) is 19.8. The number of carbonyl (C=O) groups is 2. The van der Waals surface area contributed by atoms with Crippen molar-refractivity contribution in [1.82, 2.24) is 14.9 Å². The molecule has 0 spiro atoms. The molecule has 1 N–H and O–H groups in total. The zero-order chi connectivity index (χ0) is 22.7. The molecule has 7 atom stereocenters. The molecular weight excluding hydrogens is 400 g/mol. The van der Waals surface area contributed by atoms with Gasteiger partial charge in [-0.15, -0.1) is 0 Å². The molecule has 3 saturated carbocycles. The van der Waals surface area contributed by atoms with Crippen LogP contribution >= 0.6 is 0 Å². The average molecular weight is 437 g/mol. The van der Waals surface area contributed by atoms with Crippen LogP contribution < -0.4 is 5.32 Å². The molecule has 3 aliphatic carbocycles. The molecule has 6 nitrogen and oxygen atoms in total. The lowest BCUT2D eigenvalue weighted by atomic mass is 9.47. The molecule has 0 saturated heterocycles. The standard InChI is InChI=1S/C26H36N4O2/c1-16-27-14-18(15-28-16)29-23(31)13-17-5-7-20-19-6-8-22-26(3,12-10-24(32)30(22)4)21(19)9-11-25(17,20)2/h10,12,14-15,17,19-22H,5-9,11,13H2,1-4H3,(H,29,31)/t17-,19?,20?,21?,22?,25-,26-/m1/s1. The largest absolute Gasteiger partial charge is 0.338 e. The normalized spacial score (nSPS) is 40.4. The van der Waals surface area contributed by atoms with E-state index in [-0.39, 0.29) is 22.6 Å². The maximum Gasteiger partial charge on any atom is 0.246 e. The minimum absolute atomic E-state index is 0.0772. The summed E-state index contributed by atoms with van der Waals surface area (Å²) >= 11 is 0. The first-order valence-corrected chi connectivity index (χ1v) is 12.3. The van der Waals surface area contributed by atoms with E-state index >= 15 is 0 Å². The molecule has 4 aliphatic rings. The van der Waals surface area contributed by atoms with Crippen molar-refractivity contribution >= 4 is 17.5 Å². The summed E-state index contributed by atoms with van der Waals surface area (Å²) in [6, 6.07) is 0.324. The highest BCUT2D eigenvalue weighted by molar-refractivity contribution is 5.90. The van der Waals surface area contributed by atoms with Crippen molar-refractivity contribution in [3.8, 4) is 0 Å². The van der Waals surface area contributed by atoms with Crippen LogP contribution in [-0.2, 0) is 9.59 Å². The Bertz CT molecular complexity index is 944. The van der Waals surface area contributed by atoms with Gasteiger partial charge < -0.3 is 10.2 Å². The highest BCUT2D eigenvalue weighted by Gasteiger charge is 2.60. The lowest BCUT2D eigenvalue weighted by Gasteiger charge is -2.60. The first-order valence-electron chi connectivity index (χ1n) is 12.3. The zero-order valence-electron chi connectivity index (χ0n) is 19.8. The number of fused-ring (bicyclic) bond motifs is 5. The van der Waals surface area contributed by atoms with Crippen molar-refractivity contribution in [2.24, 2.45) is 34.5 Å². The second-order valence-corrected chi connectivity index (χ2v) is 11.2. The number of aromatic nitrogens is 2. The van der Waals surface area contributed by atoms with Crippen molar-refractivity contribution < 1.29 is 9.59 Å². The Morgan fingerprint density at radius 2 is 1.88 bits per heavy atom. The fourth-order valence-electron chi connectivity index (χ4n) is 8.08. The van der Waals surface area contributed by atoms with Gasteiger partial charge in [0.25, 0.3) is 0 Å². The molecule has 4 unspecified atom stereocenters. The van der Waals surface area contributed by atoms with Crippen molar-refractivity contribution in [3.05, 3.63) is 30.4 Å². The van der Waals surface area contributed by atoms with E-state index in [0.29, 0.717) is 47.6 Å². The summed E-state index contributed by atoms with van der Waals surface area (Å²) in [4.78, 5) is 35.5. The molecule has 1 aromatic heterocycles. The molecule has 1 aliphatic heterocycles. The fourth-order valence-corrected chi connectivity index (χ4v) is 8.08. The summed E-state index contributed by atoms with van der Waals surface area (Å²) < 4.78 is 0. The summed E-state index contributed by atoms with van der Waals surface area (Å²) in [7, 11) is 1.98. The van der Waals surface area contributed by atoms with E-state index in [0.717, 1.165) is 12.8 Å². The van der Waals surface area contributed by atoms with E-state index in [4.69, 9.17) is 0 Å². The van der Waals surface area contributed by atoms with Crippen LogP contribution in [0.3, 0.4) is 0 Å². The number of carbonyl (C=O) groups excluding carboxylic acids is 2. The van der Waals surface area contributed by atoms with E-state index in [9.17, 15) is 9.59 Å². The Balaban J connectivity index is 1.31. The van der Waals surface area contributed by atoms with Crippen LogP contribution in [0.15, 0.2) is 24.5 Å². The van der Waals surface area contributed by atoms with Gasteiger partial charge in [0, 0.05) is 24.9 Å². The van der Waals surface area contributed by atoms with Crippen LogP contribution in [0.5, 0.6) is 0 Å². The van der Waals surface area contributed by atoms with Gasteiger partial charge in [0.1, 0.15) is 5.82 Å². The van der Waals surface area contributed by atoms with Crippen LogP contribution in [0.2, 0.25) is 0 Å². The van der Waals surface area contributed by atoms with E-state index < -0.39 is 0 Å². The predicted octanol–water partition coefficient (Wildman–Crippen LogP) is 4.37. The van der Waals surface area contributed by atoms with Crippen molar-refractivity contribution in [3.63, 3.8) is 0 Å². The van der Waals surface area contributed by atoms with Gasteiger partial charge in [-0.2, -0.15) is 0 Å². The number of nitrogens with zero attached hydrogens (tertiary/aromatic N) is 3. The smallest absolute Gasteiger partial charge is 0.246 e. The number of amides is 2. The lowest BCUT2D eigenvalue weighted by Crippen LogP contribution is -2.59. The summed E-state index contributed by atoms with van der Waals surface area (Å²) in [5.74, 6) is 3.36.